The molecule has 1 saturated carbocycles. The molecule has 1 heterocycles. The Morgan fingerprint density at radius 1 is 1.15 bits per heavy atom. The lowest BCUT2D eigenvalue weighted by molar-refractivity contribution is 0.0946. The molecule has 26 heavy (non-hydrogen) atoms. The molecule has 0 spiro atoms. The number of hydrogen-bond donors (Lipinski definition) is 2. The Morgan fingerprint density at radius 2 is 1.92 bits per heavy atom. The van der Waals surface area contributed by atoms with E-state index in [2.05, 4.69) is 20.6 Å². The first-order chi connectivity index (χ1) is 12.7. The highest BCUT2D eigenvalue weighted by Crippen LogP contribution is 2.27. The SMILES string of the molecule is COc1ccc(CNC(=O)c2ccnc(NC3CCCC3)n2)cc1OC. The van der Waals surface area contributed by atoms with Crippen LogP contribution in [0.4, 0.5) is 5.95 Å². The van der Waals surface area contributed by atoms with Crippen LogP contribution in [0.25, 0.3) is 0 Å². The van der Waals surface area contributed by atoms with E-state index >= 15 is 0 Å². The summed E-state index contributed by atoms with van der Waals surface area (Å²) in [6, 6.07) is 7.55. The first-order valence-corrected chi connectivity index (χ1v) is 8.78. The molecule has 138 valence electrons. The molecule has 1 aromatic carbocycles. The molecule has 1 fully saturated rings. The van der Waals surface area contributed by atoms with E-state index < -0.39 is 0 Å². The number of amides is 1. The molecule has 0 bridgehead atoms. The molecule has 2 aromatic rings. The zero-order valence-corrected chi connectivity index (χ0v) is 15.1. The van der Waals surface area contributed by atoms with Gasteiger partial charge in [-0.15, -0.1) is 0 Å². The third kappa shape index (κ3) is 4.41. The van der Waals surface area contributed by atoms with Gasteiger partial charge in [0, 0.05) is 18.8 Å². The van der Waals surface area contributed by atoms with Crippen LogP contribution < -0.4 is 20.1 Å². The van der Waals surface area contributed by atoms with Crippen molar-refractivity contribution in [3.05, 3.63) is 41.7 Å². The summed E-state index contributed by atoms with van der Waals surface area (Å²) < 4.78 is 10.5. The number of aromatic nitrogens is 2. The van der Waals surface area contributed by atoms with Gasteiger partial charge in [0.1, 0.15) is 5.69 Å². The van der Waals surface area contributed by atoms with Gasteiger partial charge < -0.3 is 20.1 Å². The van der Waals surface area contributed by atoms with Crippen LogP contribution in [0.15, 0.2) is 30.5 Å². The zero-order valence-electron chi connectivity index (χ0n) is 15.1. The minimum Gasteiger partial charge on any atom is -0.493 e. The van der Waals surface area contributed by atoms with Crippen molar-refractivity contribution in [2.45, 2.75) is 38.3 Å². The monoisotopic (exact) mass is 356 g/mol. The maximum atomic E-state index is 12.4. The summed E-state index contributed by atoms with van der Waals surface area (Å²) >= 11 is 0. The summed E-state index contributed by atoms with van der Waals surface area (Å²) in [6.07, 6.45) is 6.31. The van der Waals surface area contributed by atoms with E-state index in [1.807, 2.05) is 18.2 Å². The van der Waals surface area contributed by atoms with Crippen molar-refractivity contribution < 1.29 is 14.3 Å². The fourth-order valence-corrected chi connectivity index (χ4v) is 3.07. The van der Waals surface area contributed by atoms with Crippen molar-refractivity contribution in [1.29, 1.82) is 0 Å². The van der Waals surface area contributed by atoms with Gasteiger partial charge in [-0.3, -0.25) is 4.79 Å². The Labute approximate surface area is 153 Å². The Balaban J connectivity index is 1.61. The lowest BCUT2D eigenvalue weighted by atomic mass is 10.2. The Morgan fingerprint density at radius 3 is 2.65 bits per heavy atom. The molecule has 1 aliphatic carbocycles. The fraction of sp³-hybridized carbons (Fsp3) is 0.421. The van der Waals surface area contributed by atoms with Crippen LogP contribution in [0.2, 0.25) is 0 Å². The van der Waals surface area contributed by atoms with Gasteiger partial charge in [0.25, 0.3) is 5.91 Å². The highest BCUT2D eigenvalue weighted by atomic mass is 16.5. The molecule has 1 aromatic heterocycles. The molecule has 3 rings (SSSR count). The molecular weight excluding hydrogens is 332 g/mol. The number of hydrogen-bond acceptors (Lipinski definition) is 6. The molecule has 0 aliphatic heterocycles. The van der Waals surface area contributed by atoms with E-state index in [1.165, 1.54) is 12.8 Å². The maximum Gasteiger partial charge on any atom is 0.270 e. The van der Waals surface area contributed by atoms with Crippen LogP contribution in [0, 0.1) is 0 Å². The molecule has 7 heteroatoms. The number of anilines is 1. The predicted octanol–water partition coefficient (Wildman–Crippen LogP) is 2.78. The second-order valence-electron chi connectivity index (χ2n) is 6.26. The summed E-state index contributed by atoms with van der Waals surface area (Å²) in [4.78, 5) is 20.9. The van der Waals surface area contributed by atoms with Crippen LogP contribution in [-0.2, 0) is 6.54 Å². The smallest absolute Gasteiger partial charge is 0.270 e. The van der Waals surface area contributed by atoms with Crippen molar-refractivity contribution >= 4 is 11.9 Å². The minimum atomic E-state index is -0.239. The maximum absolute atomic E-state index is 12.4. The second-order valence-corrected chi connectivity index (χ2v) is 6.26. The van der Waals surface area contributed by atoms with E-state index in [4.69, 9.17) is 9.47 Å². The topological polar surface area (TPSA) is 85.4 Å². The molecule has 2 N–H and O–H groups in total. The molecule has 7 nitrogen and oxygen atoms in total. The molecule has 0 radical (unpaired) electrons. The van der Waals surface area contributed by atoms with Gasteiger partial charge in [0.2, 0.25) is 5.95 Å². The number of benzene rings is 1. The Hall–Kier alpha value is -2.83. The number of nitrogens with zero attached hydrogens (tertiary/aromatic N) is 2. The van der Waals surface area contributed by atoms with E-state index in [-0.39, 0.29) is 5.91 Å². The molecule has 1 aliphatic rings. The average molecular weight is 356 g/mol. The largest absolute Gasteiger partial charge is 0.493 e. The first kappa shape index (κ1) is 18.0. The van der Waals surface area contributed by atoms with Gasteiger partial charge >= 0.3 is 0 Å². The summed E-state index contributed by atoms with van der Waals surface area (Å²) in [5, 5.41) is 6.18. The molecular formula is C19H24N4O3. The number of rotatable bonds is 7. The average Bonchev–Trinajstić information content (AvgIpc) is 3.19. The first-order valence-electron chi connectivity index (χ1n) is 8.78. The Kier molecular flexibility index (Phi) is 5.88. The van der Waals surface area contributed by atoms with Crippen LogP contribution in [0.3, 0.4) is 0 Å². The van der Waals surface area contributed by atoms with Crippen molar-refractivity contribution in [2.75, 3.05) is 19.5 Å². The summed E-state index contributed by atoms with van der Waals surface area (Å²) in [5.74, 6) is 1.55. The van der Waals surface area contributed by atoms with Crippen LogP contribution in [-0.4, -0.2) is 36.1 Å². The van der Waals surface area contributed by atoms with Gasteiger partial charge in [0.05, 0.1) is 14.2 Å². The summed E-state index contributed by atoms with van der Waals surface area (Å²) in [5.41, 5.74) is 1.26. The van der Waals surface area contributed by atoms with E-state index in [0.29, 0.717) is 35.7 Å². The van der Waals surface area contributed by atoms with Gasteiger partial charge in [-0.1, -0.05) is 18.9 Å². The van der Waals surface area contributed by atoms with Gasteiger partial charge in [-0.2, -0.15) is 0 Å². The van der Waals surface area contributed by atoms with Crippen molar-refractivity contribution in [3.8, 4) is 11.5 Å². The van der Waals surface area contributed by atoms with Crippen LogP contribution in [0.5, 0.6) is 11.5 Å². The normalized spacial score (nSPS) is 14.1. The zero-order chi connectivity index (χ0) is 18.4. The lowest BCUT2D eigenvalue weighted by Gasteiger charge is -2.12. The third-order valence-electron chi connectivity index (χ3n) is 4.48. The van der Waals surface area contributed by atoms with Crippen molar-refractivity contribution in [3.63, 3.8) is 0 Å². The third-order valence-corrected chi connectivity index (χ3v) is 4.48. The lowest BCUT2D eigenvalue weighted by Crippen LogP contribution is -2.25. The Bertz CT molecular complexity index is 760. The number of carbonyl (C=O) groups excluding carboxylic acids is 1. The predicted molar refractivity (Wildman–Crippen MR) is 98.6 cm³/mol. The number of methoxy groups -OCH3 is 2. The van der Waals surface area contributed by atoms with Crippen molar-refractivity contribution in [1.82, 2.24) is 15.3 Å². The molecule has 0 saturated heterocycles. The second kappa shape index (κ2) is 8.51. The van der Waals surface area contributed by atoms with E-state index in [0.717, 1.165) is 18.4 Å². The van der Waals surface area contributed by atoms with Crippen LogP contribution >= 0.6 is 0 Å². The highest BCUT2D eigenvalue weighted by Gasteiger charge is 2.16. The fourth-order valence-electron chi connectivity index (χ4n) is 3.07. The quantitative estimate of drug-likeness (QED) is 0.793. The highest BCUT2D eigenvalue weighted by molar-refractivity contribution is 5.92. The molecule has 0 unspecified atom stereocenters. The van der Waals surface area contributed by atoms with Gasteiger partial charge in [-0.05, 0) is 36.6 Å². The molecule has 1 amide bonds. The van der Waals surface area contributed by atoms with Gasteiger partial charge in [0.15, 0.2) is 11.5 Å². The van der Waals surface area contributed by atoms with Crippen molar-refractivity contribution in [2.24, 2.45) is 0 Å². The summed E-state index contributed by atoms with van der Waals surface area (Å²) in [7, 11) is 3.17. The molecule has 0 atom stereocenters. The number of carbonyl (C=O) groups is 1. The van der Waals surface area contributed by atoms with E-state index in [1.54, 1.807) is 26.5 Å². The minimum absolute atomic E-state index is 0.239. The van der Waals surface area contributed by atoms with E-state index in [9.17, 15) is 4.79 Å². The number of ether oxygens (including phenoxy) is 2. The van der Waals surface area contributed by atoms with Gasteiger partial charge in [-0.25, -0.2) is 9.97 Å². The standard InChI is InChI=1S/C19H24N4O3/c1-25-16-8-7-13(11-17(16)26-2)12-21-18(24)15-9-10-20-19(23-15)22-14-5-3-4-6-14/h7-11,14H,3-6,12H2,1-2H3,(H,21,24)(H,20,22,23). The summed E-state index contributed by atoms with van der Waals surface area (Å²) in [6.45, 7) is 0.370. The number of nitrogens with one attached hydrogen (secondary N) is 2. The van der Waals surface area contributed by atoms with Crippen LogP contribution in [0.1, 0.15) is 41.7 Å².